The highest BCUT2D eigenvalue weighted by atomic mass is 35.5. The van der Waals surface area contributed by atoms with Crippen LogP contribution in [0.2, 0.25) is 5.02 Å². The van der Waals surface area contributed by atoms with Gasteiger partial charge in [-0.3, -0.25) is 4.79 Å². The summed E-state index contributed by atoms with van der Waals surface area (Å²) in [5.74, 6) is -0.167. The Labute approximate surface area is 155 Å². The third kappa shape index (κ3) is 3.32. The van der Waals surface area contributed by atoms with E-state index in [1.165, 1.54) is 11.8 Å². The summed E-state index contributed by atoms with van der Waals surface area (Å²) in [5, 5.41) is 0.876. The lowest BCUT2D eigenvalue weighted by atomic mass is 10.2. The fourth-order valence-electron chi connectivity index (χ4n) is 3.43. The maximum atomic E-state index is 12.4. The molecule has 25 heavy (non-hydrogen) atoms. The van der Waals surface area contributed by atoms with Crippen molar-refractivity contribution in [2.24, 2.45) is 4.99 Å². The number of amidine groups is 1. The van der Waals surface area contributed by atoms with Gasteiger partial charge in [0.2, 0.25) is 0 Å². The number of carbonyl (C=O) groups excluding carboxylic acids is 1. The van der Waals surface area contributed by atoms with E-state index in [4.69, 9.17) is 16.3 Å². The van der Waals surface area contributed by atoms with Crippen LogP contribution in [0.15, 0.2) is 29.3 Å². The Balaban J connectivity index is 1.71. The van der Waals surface area contributed by atoms with Crippen LogP contribution in [0.3, 0.4) is 0 Å². The molecular formula is C16H17ClN2O4S2. The Bertz CT molecular complexity index is 836. The largest absolute Gasteiger partial charge is 0.368 e. The van der Waals surface area contributed by atoms with E-state index in [0.717, 1.165) is 6.42 Å². The summed E-state index contributed by atoms with van der Waals surface area (Å²) in [4.78, 5) is 18.5. The van der Waals surface area contributed by atoms with Crippen LogP contribution in [-0.4, -0.2) is 55.0 Å². The van der Waals surface area contributed by atoms with Crippen molar-refractivity contribution in [3.8, 4) is 0 Å². The summed E-state index contributed by atoms with van der Waals surface area (Å²) in [6.45, 7) is 0.576. The van der Waals surface area contributed by atoms with Gasteiger partial charge in [0.15, 0.2) is 15.0 Å². The molecule has 3 heterocycles. The van der Waals surface area contributed by atoms with Crippen molar-refractivity contribution in [2.75, 3.05) is 23.0 Å². The minimum absolute atomic E-state index is 0.0447. The lowest BCUT2D eigenvalue weighted by Crippen LogP contribution is -2.38. The van der Waals surface area contributed by atoms with E-state index in [-0.39, 0.29) is 28.7 Å². The van der Waals surface area contributed by atoms with E-state index in [1.807, 2.05) is 23.1 Å². The number of hydrogen-bond acceptors (Lipinski definition) is 5. The molecule has 134 valence electrons. The van der Waals surface area contributed by atoms with Gasteiger partial charge in [-0.25, -0.2) is 8.42 Å². The molecule has 4 rings (SSSR count). The molecule has 1 aromatic carbocycles. The molecule has 0 aromatic heterocycles. The molecule has 0 bridgehead atoms. The predicted molar refractivity (Wildman–Crippen MR) is 99.2 cm³/mol. The number of carbonyl (C=O) groups is 1. The molecule has 0 radical (unpaired) electrons. The monoisotopic (exact) mass is 400 g/mol. The van der Waals surface area contributed by atoms with Crippen LogP contribution < -0.4 is 4.90 Å². The molecule has 1 amide bonds. The maximum Gasteiger partial charge on any atom is 0.277 e. The molecule has 3 unspecified atom stereocenters. The van der Waals surface area contributed by atoms with Crippen molar-refractivity contribution < 1.29 is 17.9 Å². The zero-order valence-electron chi connectivity index (χ0n) is 13.3. The number of nitrogens with zero attached hydrogens (tertiary/aromatic N) is 2. The van der Waals surface area contributed by atoms with Gasteiger partial charge in [-0.15, -0.1) is 0 Å². The molecular weight excluding hydrogens is 384 g/mol. The summed E-state index contributed by atoms with van der Waals surface area (Å²) in [5.41, 5.74) is 0.681. The summed E-state index contributed by atoms with van der Waals surface area (Å²) in [6, 6.07) is 6.96. The normalized spacial score (nSPS) is 32.3. The Kier molecular flexibility index (Phi) is 4.56. The van der Waals surface area contributed by atoms with Crippen molar-refractivity contribution in [3.05, 3.63) is 29.3 Å². The lowest BCUT2D eigenvalue weighted by Gasteiger charge is -2.25. The highest BCUT2D eigenvalue weighted by Gasteiger charge is 2.50. The standard InChI is InChI=1S/C16H17ClN2O4S2/c17-10-4-1-2-5-11(10)19-12-8-25(21,22)9-14(12)24-16(19)18-15(20)13-6-3-7-23-13/h1-2,4-5,12-14H,3,6-9H2. The fourth-order valence-corrected chi connectivity index (χ4v) is 7.57. The average Bonchev–Trinajstić information content (AvgIpc) is 3.23. The van der Waals surface area contributed by atoms with Gasteiger partial charge in [0, 0.05) is 11.9 Å². The van der Waals surface area contributed by atoms with E-state index in [2.05, 4.69) is 4.99 Å². The summed E-state index contributed by atoms with van der Waals surface area (Å²) in [7, 11) is -3.10. The van der Waals surface area contributed by atoms with Crippen LogP contribution in [0, 0.1) is 0 Å². The molecule has 6 nitrogen and oxygen atoms in total. The van der Waals surface area contributed by atoms with Crippen LogP contribution in [0.1, 0.15) is 12.8 Å². The number of amides is 1. The van der Waals surface area contributed by atoms with E-state index in [1.54, 1.807) is 6.07 Å². The van der Waals surface area contributed by atoms with Crippen molar-refractivity contribution in [1.82, 2.24) is 0 Å². The smallest absolute Gasteiger partial charge is 0.277 e. The number of ether oxygens (including phenoxy) is 1. The third-order valence-corrected chi connectivity index (χ3v) is 8.12. The van der Waals surface area contributed by atoms with E-state index in [0.29, 0.717) is 28.9 Å². The first kappa shape index (κ1) is 17.3. The second kappa shape index (κ2) is 6.57. The van der Waals surface area contributed by atoms with E-state index >= 15 is 0 Å². The highest BCUT2D eigenvalue weighted by molar-refractivity contribution is 8.16. The summed E-state index contributed by atoms with van der Waals surface area (Å²) < 4.78 is 29.5. The number of hydrogen-bond donors (Lipinski definition) is 0. The van der Waals surface area contributed by atoms with Crippen molar-refractivity contribution in [2.45, 2.75) is 30.2 Å². The fraction of sp³-hybridized carbons (Fsp3) is 0.500. The number of benzene rings is 1. The molecule has 9 heteroatoms. The Hall–Kier alpha value is -1.09. The number of rotatable bonds is 2. The molecule has 3 aliphatic rings. The first-order chi connectivity index (χ1) is 11.9. The molecule has 1 aromatic rings. The maximum absolute atomic E-state index is 12.4. The Morgan fingerprint density at radius 1 is 1.32 bits per heavy atom. The average molecular weight is 401 g/mol. The molecule has 0 spiro atoms. The van der Waals surface area contributed by atoms with Crippen LogP contribution >= 0.6 is 23.4 Å². The summed E-state index contributed by atoms with van der Waals surface area (Å²) in [6.07, 6.45) is 1.03. The second-order valence-electron chi connectivity index (χ2n) is 6.36. The number of aliphatic imine (C=N–C) groups is 1. The lowest BCUT2D eigenvalue weighted by molar-refractivity contribution is -0.126. The molecule has 0 N–H and O–H groups in total. The van der Waals surface area contributed by atoms with Gasteiger partial charge in [-0.05, 0) is 25.0 Å². The highest BCUT2D eigenvalue weighted by Crippen LogP contribution is 2.43. The quantitative estimate of drug-likeness (QED) is 0.756. The van der Waals surface area contributed by atoms with Crippen LogP contribution in [-0.2, 0) is 19.4 Å². The topological polar surface area (TPSA) is 76.0 Å². The van der Waals surface area contributed by atoms with Crippen molar-refractivity contribution >= 4 is 50.0 Å². The first-order valence-electron chi connectivity index (χ1n) is 8.09. The zero-order chi connectivity index (χ0) is 17.6. The predicted octanol–water partition coefficient (Wildman–Crippen LogP) is 2.12. The van der Waals surface area contributed by atoms with Crippen molar-refractivity contribution in [1.29, 1.82) is 0 Å². The van der Waals surface area contributed by atoms with Gasteiger partial charge in [0.05, 0.1) is 28.3 Å². The number of para-hydroxylation sites is 1. The van der Waals surface area contributed by atoms with Crippen LogP contribution in [0.5, 0.6) is 0 Å². The van der Waals surface area contributed by atoms with Crippen molar-refractivity contribution in [3.63, 3.8) is 0 Å². The van der Waals surface area contributed by atoms with Gasteiger partial charge >= 0.3 is 0 Å². The number of thioether (sulfide) groups is 1. The van der Waals surface area contributed by atoms with Gasteiger partial charge in [0.25, 0.3) is 5.91 Å². The number of sulfone groups is 1. The molecule has 3 fully saturated rings. The van der Waals surface area contributed by atoms with Gasteiger partial charge in [-0.2, -0.15) is 4.99 Å². The number of fused-ring (bicyclic) bond motifs is 1. The van der Waals surface area contributed by atoms with Crippen LogP contribution in [0.4, 0.5) is 5.69 Å². The molecule has 3 saturated heterocycles. The Morgan fingerprint density at radius 2 is 2.12 bits per heavy atom. The minimum Gasteiger partial charge on any atom is -0.368 e. The SMILES string of the molecule is O=C(N=C1SC2CS(=O)(=O)CC2N1c1ccccc1Cl)C1CCCO1. The number of anilines is 1. The molecule has 3 aliphatic heterocycles. The van der Waals surface area contributed by atoms with Crippen LogP contribution in [0.25, 0.3) is 0 Å². The molecule has 3 atom stereocenters. The van der Waals surface area contributed by atoms with Gasteiger partial charge in [-0.1, -0.05) is 35.5 Å². The van der Waals surface area contributed by atoms with Gasteiger partial charge < -0.3 is 9.64 Å². The minimum atomic E-state index is -3.10. The molecule has 0 aliphatic carbocycles. The van der Waals surface area contributed by atoms with Gasteiger partial charge in [0.1, 0.15) is 6.10 Å². The second-order valence-corrected chi connectivity index (χ2v) is 10.1. The third-order valence-electron chi connectivity index (χ3n) is 4.59. The molecule has 0 saturated carbocycles. The number of halogens is 1. The van der Waals surface area contributed by atoms with E-state index in [9.17, 15) is 13.2 Å². The Morgan fingerprint density at radius 3 is 2.84 bits per heavy atom. The zero-order valence-corrected chi connectivity index (χ0v) is 15.7. The summed E-state index contributed by atoms with van der Waals surface area (Å²) >= 11 is 7.67. The first-order valence-corrected chi connectivity index (χ1v) is 11.2. The van der Waals surface area contributed by atoms with E-state index < -0.39 is 15.9 Å².